The summed E-state index contributed by atoms with van der Waals surface area (Å²) in [5.74, 6) is 0.178. The first-order chi connectivity index (χ1) is 8.56. The summed E-state index contributed by atoms with van der Waals surface area (Å²) >= 11 is 3.39. The molecule has 1 aromatic heterocycles. The number of aromatic nitrogens is 1. The number of anilines is 2. The molecule has 0 aliphatic heterocycles. The normalized spacial score (nSPS) is 10.1. The van der Waals surface area contributed by atoms with Gasteiger partial charge < -0.3 is 11.1 Å². The van der Waals surface area contributed by atoms with Crippen molar-refractivity contribution < 1.29 is 4.79 Å². The standard InChI is InChI=1S/C13H12BrN3O/c1-8-2-4-10(14)11(6-8)17-13(18)9-3-5-12(15)16-7-9/h2-7H,1H3,(H2,15,16)(H,17,18). The zero-order valence-electron chi connectivity index (χ0n) is 9.77. The average Bonchev–Trinajstić information content (AvgIpc) is 2.34. The fourth-order valence-corrected chi connectivity index (χ4v) is 1.81. The van der Waals surface area contributed by atoms with Gasteiger partial charge in [0.1, 0.15) is 5.82 Å². The van der Waals surface area contributed by atoms with Crippen LogP contribution in [0.15, 0.2) is 41.0 Å². The van der Waals surface area contributed by atoms with Gasteiger partial charge in [-0.2, -0.15) is 0 Å². The number of nitrogen functional groups attached to an aromatic ring is 1. The molecule has 18 heavy (non-hydrogen) atoms. The molecule has 1 heterocycles. The van der Waals surface area contributed by atoms with Gasteiger partial charge >= 0.3 is 0 Å². The zero-order valence-corrected chi connectivity index (χ0v) is 11.4. The van der Waals surface area contributed by atoms with Gasteiger partial charge in [-0.15, -0.1) is 0 Å². The van der Waals surface area contributed by atoms with E-state index in [2.05, 4.69) is 26.2 Å². The Hall–Kier alpha value is -1.88. The van der Waals surface area contributed by atoms with Gasteiger partial charge in [-0.1, -0.05) is 6.07 Å². The summed E-state index contributed by atoms with van der Waals surface area (Å²) < 4.78 is 0.838. The number of halogens is 1. The maximum absolute atomic E-state index is 12.0. The van der Waals surface area contributed by atoms with Gasteiger partial charge in [-0.25, -0.2) is 4.98 Å². The number of benzene rings is 1. The van der Waals surface area contributed by atoms with Crippen molar-refractivity contribution in [3.63, 3.8) is 0 Å². The third-order valence-corrected chi connectivity index (χ3v) is 3.11. The molecule has 0 atom stereocenters. The summed E-state index contributed by atoms with van der Waals surface area (Å²) in [5, 5.41) is 2.82. The van der Waals surface area contributed by atoms with Gasteiger partial charge in [0, 0.05) is 10.7 Å². The first-order valence-corrected chi connectivity index (χ1v) is 6.14. The molecule has 1 amide bonds. The lowest BCUT2D eigenvalue weighted by Gasteiger charge is -2.08. The summed E-state index contributed by atoms with van der Waals surface area (Å²) in [6.07, 6.45) is 1.45. The van der Waals surface area contributed by atoms with Gasteiger partial charge in [0.15, 0.2) is 0 Å². The van der Waals surface area contributed by atoms with Gasteiger partial charge in [0.25, 0.3) is 5.91 Å². The lowest BCUT2D eigenvalue weighted by atomic mass is 10.2. The average molecular weight is 306 g/mol. The summed E-state index contributed by atoms with van der Waals surface area (Å²) in [6, 6.07) is 8.99. The highest BCUT2D eigenvalue weighted by atomic mass is 79.9. The Labute approximate surface area is 113 Å². The van der Waals surface area contributed by atoms with E-state index < -0.39 is 0 Å². The van der Waals surface area contributed by atoms with Crippen LogP contribution in [0, 0.1) is 6.92 Å². The Kier molecular flexibility index (Phi) is 3.62. The van der Waals surface area contributed by atoms with Crippen LogP contribution in [-0.2, 0) is 0 Å². The molecule has 0 fully saturated rings. The number of nitrogens with two attached hydrogens (primary N) is 1. The fraction of sp³-hybridized carbons (Fsp3) is 0.0769. The number of rotatable bonds is 2. The second kappa shape index (κ2) is 5.18. The maximum Gasteiger partial charge on any atom is 0.257 e. The van der Waals surface area contributed by atoms with Crippen LogP contribution in [0.1, 0.15) is 15.9 Å². The SMILES string of the molecule is Cc1ccc(Br)c(NC(=O)c2ccc(N)nc2)c1. The van der Waals surface area contributed by atoms with Crippen molar-refractivity contribution in [1.82, 2.24) is 4.98 Å². The molecule has 1 aromatic carbocycles. The number of carbonyl (C=O) groups is 1. The van der Waals surface area contributed by atoms with Crippen molar-refractivity contribution in [1.29, 1.82) is 0 Å². The van der Waals surface area contributed by atoms with E-state index in [1.54, 1.807) is 12.1 Å². The Morgan fingerprint density at radius 3 is 2.78 bits per heavy atom. The molecule has 92 valence electrons. The zero-order chi connectivity index (χ0) is 13.1. The Morgan fingerprint density at radius 1 is 1.33 bits per heavy atom. The van der Waals surface area contributed by atoms with Gasteiger partial charge in [-0.3, -0.25) is 4.79 Å². The smallest absolute Gasteiger partial charge is 0.257 e. The first-order valence-electron chi connectivity index (χ1n) is 5.35. The molecule has 0 bridgehead atoms. The highest BCUT2D eigenvalue weighted by molar-refractivity contribution is 9.10. The molecule has 0 saturated heterocycles. The lowest BCUT2D eigenvalue weighted by molar-refractivity contribution is 0.102. The van der Waals surface area contributed by atoms with Crippen LogP contribution in [-0.4, -0.2) is 10.9 Å². The predicted octanol–water partition coefficient (Wildman–Crippen LogP) is 2.99. The van der Waals surface area contributed by atoms with Crippen LogP contribution < -0.4 is 11.1 Å². The van der Waals surface area contributed by atoms with E-state index in [4.69, 9.17) is 5.73 Å². The van der Waals surface area contributed by atoms with Crippen LogP contribution in [0.4, 0.5) is 11.5 Å². The topological polar surface area (TPSA) is 68.0 Å². The number of amides is 1. The molecule has 0 radical (unpaired) electrons. The van der Waals surface area contributed by atoms with Crippen LogP contribution >= 0.6 is 15.9 Å². The minimum absolute atomic E-state index is 0.214. The molecule has 0 spiro atoms. The number of pyridine rings is 1. The number of hydrogen-bond donors (Lipinski definition) is 2. The van der Waals surface area contributed by atoms with Crippen LogP contribution in [0.25, 0.3) is 0 Å². The summed E-state index contributed by atoms with van der Waals surface area (Å²) in [4.78, 5) is 15.9. The molecule has 2 rings (SSSR count). The largest absolute Gasteiger partial charge is 0.384 e. The molecule has 0 aliphatic rings. The van der Waals surface area contributed by atoms with E-state index in [-0.39, 0.29) is 5.91 Å². The summed E-state index contributed by atoms with van der Waals surface area (Å²) in [6.45, 7) is 1.97. The third-order valence-electron chi connectivity index (χ3n) is 2.42. The van der Waals surface area contributed by atoms with Crippen molar-refractivity contribution in [2.24, 2.45) is 0 Å². The monoisotopic (exact) mass is 305 g/mol. The second-order valence-electron chi connectivity index (χ2n) is 3.91. The van der Waals surface area contributed by atoms with Crippen LogP contribution in [0.2, 0.25) is 0 Å². The van der Waals surface area contributed by atoms with E-state index in [1.165, 1.54) is 6.20 Å². The minimum atomic E-state index is -0.214. The Bertz CT molecular complexity index is 581. The third kappa shape index (κ3) is 2.87. The number of hydrogen-bond acceptors (Lipinski definition) is 3. The van der Waals surface area contributed by atoms with Gasteiger partial charge in [0.05, 0.1) is 11.3 Å². The first kappa shape index (κ1) is 12.6. The highest BCUT2D eigenvalue weighted by Crippen LogP contribution is 2.23. The van der Waals surface area contributed by atoms with Crippen molar-refractivity contribution in [2.45, 2.75) is 6.92 Å². The number of nitrogens with zero attached hydrogens (tertiary/aromatic N) is 1. The molecule has 5 heteroatoms. The quantitative estimate of drug-likeness (QED) is 0.896. The lowest BCUT2D eigenvalue weighted by Crippen LogP contribution is -2.12. The fourth-order valence-electron chi connectivity index (χ4n) is 1.47. The summed E-state index contributed by atoms with van der Waals surface area (Å²) in [5.41, 5.74) is 7.75. The summed E-state index contributed by atoms with van der Waals surface area (Å²) in [7, 11) is 0. The van der Waals surface area contributed by atoms with Crippen molar-refractivity contribution >= 4 is 33.3 Å². The van der Waals surface area contributed by atoms with Crippen molar-refractivity contribution in [2.75, 3.05) is 11.1 Å². The number of nitrogens with one attached hydrogen (secondary N) is 1. The van der Waals surface area contributed by atoms with Crippen LogP contribution in [0.5, 0.6) is 0 Å². The molecular formula is C13H12BrN3O. The molecule has 0 aliphatic carbocycles. The number of aryl methyl sites for hydroxylation is 1. The molecule has 0 unspecified atom stereocenters. The molecule has 2 aromatic rings. The molecule has 0 saturated carbocycles. The van der Waals surface area contributed by atoms with Crippen molar-refractivity contribution in [3.05, 3.63) is 52.1 Å². The maximum atomic E-state index is 12.0. The predicted molar refractivity (Wildman–Crippen MR) is 75.5 cm³/mol. The van der Waals surface area contributed by atoms with Crippen molar-refractivity contribution in [3.8, 4) is 0 Å². The van der Waals surface area contributed by atoms with Crippen LogP contribution in [0.3, 0.4) is 0 Å². The van der Waals surface area contributed by atoms with E-state index in [0.717, 1.165) is 15.7 Å². The number of carbonyl (C=O) groups excluding carboxylic acids is 1. The minimum Gasteiger partial charge on any atom is -0.384 e. The second-order valence-corrected chi connectivity index (χ2v) is 4.76. The van der Waals surface area contributed by atoms with Gasteiger partial charge in [-0.05, 0) is 52.7 Å². The Balaban J connectivity index is 2.21. The van der Waals surface area contributed by atoms with E-state index >= 15 is 0 Å². The molecule has 4 nitrogen and oxygen atoms in total. The Morgan fingerprint density at radius 2 is 2.11 bits per heavy atom. The van der Waals surface area contributed by atoms with E-state index in [1.807, 2.05) is 25.1 Å². The molecular weight excluding hydrogens is 294 g/mol. The van der Waals surface area contributed by atoms with E-state index in [9.17, 15) is 4.79 Å². The van der Waals surface area contributed by atoms with E-state index in [0.29, 0.717) is 11.4 Å². The molecule has 3 N–H and O–H groups in total. The van der Waals surface area contributed by atoms with Gasteiger partial charge in [0.2, 0.25) is 0 Å². The highest BCUT2D eigenvalue weighted by Gasteiger charge is 2.08.